The lowest BCUT2D eigenvalue weighted by Gasteiger charge is -2.08. The molecule has 1 aromatic carbocycles. The molecule has 12 heavy (non-hydrogen) atoms. The van der Waals surface area contributed by atoms with Gasteiger partial charge in [-0.05, 0) is 29.7 Å². The van der Waals surface area contributed by atoms with E-state index >= 15 is 0 Å². The van der Waals surface area contributed by atoms with Crippen molar-refractivity contribution >= 4 is 17.9 Å². The number of rotatable bonds is 2. The zero-order valence-electron chi connectivity index (χ0n) is 7.17. The van der Waals surface area contributed by atoms with Gasteiger partial charge in [0.2, 0.25) is 0 Å². The van der Waals surface area contributed by atoms with Crippen LogP contribution in [0.25, 0.3) is 0 Å². The lowest BCUT2D eigenvalue weighted by atomic mass is 9.98. The van der Waals surface area contributed by atoms with Gasteiger partial charge >= 0.3 is 0 Å². The Morgan fingerprint density at radius 2 is 2.08 bits per heavy atom. The maximum atomic E-state index is 10.6. The lowest BCUT2D eigenvalue weighted by molar-refractivity contribution is 0.112. The molecule has 0 aliphatic rings. The van der Waals surface area contributed by atoms with Crippen LogP contribution >= 0.6 is 11.6 Å². The Balaban J connectivity index is 3.21. The van der Waals surface area contributed by atoms with Gasteiger partial charge in [0.1, 0.15) is 6.29 Å². The van der Waals surface area contributed by atoms with Gasteiger partial charge in [-0.15, -0.1) is 0 Å². The first-order valence-corrected chi connectivity index (χ1v) is 4.27. The summed E-state index contributed by atoms with van der Waals surface area (Å²) in [5.41, 5.74) is 1.74. The third-order valence-electron chi connectivity index (χ3n) is 1.80. The van der Waals surface area contributed by atoms with E-state index in [0.29, 0.717) is 10.9 Å². The maximum absolute atomic E-state index is 10.6. The van der Waals surface area contributed by atoms with Gasteiger partial charge in [-0.1, -0.05) is 25.4 Å². The second-order valence-electron chi connectivity index (χ2n) is 3.05. The van der Waals surface area contributed by atoms with Crippen LogP contribution in [0.5, 0.6) is 0 Å². The highest BCUT2D eigenvalue weighted by Gasteiger charge is 2.05. The average molecular weight is 183 g/mol. The molecule has 0 bridgehead atoms. The molecule has 0 aliphatic heterocycles. The van der Waals surface area contributed by atoms with Crippen molar-refractivity contribution in [2.75, 3.05) is 0 Å². The van der Waals surface area contributed by atoms with Gasteiger partial charge in [0.05, 0.1) is 0 Å². The van der Waals surface area contributed by atoms with Crippen LogP contribution in [0.3, 0.4) is 0 Å². The Bertz CT molecular complexity index is 292. The number of halogens is 1. The van der Waals surface area contributed by atoms with Crippen molar-refractivity contribution in [3.8, 4) is 0 Å². The van der Waals surface area contributed by atoms with Crippen molar-refractivity contribution < 1.29 is 4.79 Å². The SMILES string of the molecule is CC(C)c1cc(Cl)ccc1C=O. The molecule has 0 heterocycles. The van der Waals surface area contributed by atoms with Crippen molar-refractivity contribution in [3.63, 3.8) is 0 Å². The number of carbonyl (C=O) groups is 1. The van der Waals surface area contributed by atoms with Gasteiger partial charge in [0.15, 0.2) is 0 Å². The van der Waals surface area contributed by atoms with Crippen molar-refractivity contribution in [3.05, 3.63) is 34.3 Å². The summed E-state index contributed by atoms with van der Waals surface area (Å²) in [5, 5.41) is 0.685. The topological polar surface area (TPSA) is 17.1 Å². The molecule has 0 N–H and O–H groups in total. The minimum Gasteiger partial charge on any atom is -0.298 e. The fourth-order valence-electron chi connectivity index (χ4n) is 1.15. The van der Waals surface area contributed by atoms with Crippen molar-refractivity contribution in [1.82, 2.24) is 0 Å². The maximum Gasteiger partial charge on any atom is 0.150 e. The minimum atomic E-state index is 0.337. The third-order valence-corrected chi connectivity index (χ3v) is 2.03. The molecule has 0 spiro atoms. The largest absolute Gasteiger partial charge is 0.298 e. The molecule has 0 aromatic heterocycles. The molecule has 0 saturated carbocycles. The first kappa shape index (κ1) is 9.27. The quantitative estimate of drug-likeness (QED) is 0.642. The van der Waals surface area contributed by atoms with E-state index in [4.69, 9.17) is 11.6 Å². The van der Waals surface area contributed by atoms with E-state index in [-0.39, 0.29) is 0 Å². The molecule has 1 rings (SSSR count). The number of hydrogen-bond donors (Lipinski definition) is 0. The summed E-state index contributed by atoms with van der Waals surface area (Å²) in [4.78, 5) is 10.6. The zero-order valence-corrected chi connectivity index (χ0v) is 7.93. The van der Waals surface area contributed by atoms with Crippen LogP contribution in [0, 0.1) is 0 Å². The molecule has 0 saturated heterocycles. The normalized spacial score (nSPS) is 10.3. The second kappa shape index (κ2) is 3.72. The highest BCUT2D eigenvalue weighted by Crippen LogP contribution is 2.22. The van der Waals surface area contributed by atoms with Gasteiger partial charge in [0, 0.05) is 10.6 Å². The highest BCUT2D eigenvalue weighted by molar-refractivity contribution is 6.30. The van der Waals surface area contributed by atoms with E-state index in [1.54, 1.807) is 12.1 Å². The molecule has 2 heteroatoms. The van der Waals surface area contributed by atoms with Crippen LogP contribution in [0.4, 0.5) is 0 Å². The number of benzene rings is 1. The summed E-state index contributed by atoms with van der Waals surface area (Å²) in [5.74, 6) is 0.337. The van der Waals surface area contributed by atoms with Crippen LogP contribution < -0.4 is 0 Å². The summed E-state index contributed by atoms with van der Waals surface area (Å²) in [6.45, 7) is 4.08. The Labute approximate surface area is 77.4 Å². The van der Waals surface area contributed by atoms with Crippen molar-refractivity contribution in [2.45, 2.75) is 19.8 Å². The summed E-state index contributed by atoms with van der Waals surface area (Å²) in [7, 11) is 0. The van der Waals surface area contributed by atoms with Gasteiger partial charge in [0.25, 0.3) is 0 Å². The number of aldehydes is 1. The predicted octanol–water partition coefficient (Wildman–Crippen LogP) is 3.28. The summed E-state index contributed by atoms with van der Waals surface area (Å²) in [6.07, 6.45) is 0.867. The fourth-order valence-corrected chi connectivity index (χ4v) is 1.33. The first-order valence-electron chi connectivity index (χ1n) is 3.89. The predicted molar refractivity (Wildman–Crippen MR) is 50.9 cm³/mol. The van der Waals surface area contributed by atoms with Crippen LogP contribution in [-0.2, 0) is 0 Å². The third kappa shape index (κ3) is 1.86. The molecule has 1 nitrogen and oxygen atoms in total. The molecule has 64 valence electrons. The Morgan fingerprint density at radius 3 is 2.58 bits per heavy atom. The second-order valence-corrected chi connectivity index (χ2v) is 3.48. The highest BCUT2D eigenvalue weighted by atomic mass is 35.5. The zero-order chi connectivity index (χ0) is 9.14. The van der Waals surface area contributed by atoms with Crippen LogP contribution in [0.2, 0.25) is 5.02 Å². The molecule has 0 atom stereocenters. The molecule has 0 radical (unpaired) electrons. The summed E-state index contributed by atoms with van der Waals surface area (Å²) in [6, 6.07) is 5.33. The van der Waals surface area contributed by atoms with Crippen LogP contribution in [0.15, 0.2) is 18.2 Å². The Morgan fingerprint density at radius 1 is 1.42 bits per heavy atom. The molecule has 0 fully saturated rings. The molecule has 1 aromatic rings. The van der Waals surface area contributed by atoms with Gasteiger partial charge < -0.3 is 0 Å². The number of carbonyl (C=O) groups excluding carboxylic acids is 1. The number of hydrogen-bond acceptors (Lipinski definition) is 1. The lowest BCUT2D eigenvalue weighted by Crippen LogP contribution is -1.94. The first-order chi connectivity index (χ1) is 5.65. The molecule has 0 amide bonds. The van der Waals surface area contributed by atoms with Crippen molar-refractivity contribution in [1.29, 1.82) is 0 Å². The van der Waals surface area contributed by atoms with Crippen molar-refractivity contribution in [2.24, 2.45) is 0 Å². The van der Waals surface area contributed by atoms with E-state index in [0.717, 1.165) is 17.4 Å². The van der Waals surface area contributed by atoms with Gasteiger partial charge in [-0.3, -0.25) is 4.79 Å². The summed E-state index contributed by atoms with van der Waals surface area (Å²) >= 11 is 5.80. The minimum absolute atomic E-state index is 0.337. The van der Waals surface area contributed by atoms with E-state index in [1.807, 2.05) is 19.9 Å². The monoisotopic (exact) mass is 182 g/mol. The van der Waals surface area contributed by atoms with Gasteiger partial charge in [-0.25, -0.2) is 0 Å². The average Bonchev–Trinajstić information content (AvgIpc) is 2.04. The van der Waals surface area contributed by atoms with Crippen LogP contribution in [0.1, 0.15) is 35.7 Å². The van der Waals surface area contributed by atoms with E-state index < -0.39 is 0 Å². The van der Waals surface area contributed by atoms with E-state index in [9.17, 15) is 4.79 Å². The summed E-state index contributed by atoms with van der Waals surface area (Å²) < 4.78 is 0. The Kier molecular flexibility index (Phi) is 2.88. The van der Waals surface area contributed by atoms with E-state index in [2.05, 4.69) is 0 Å². The molecule has 0 aliphatic carbocycles. The van der Waals surface area contributed by atoms with Crippen LogP contribution in [-0.4, -0.2) is 6.29 Å². The molecular weight excluding hydrogens is 172 g/mol. The molecule has 0 unspecified atom stereocenters. The standard InChI is InChI=1S/C10H11ClO/c1-7(2)10-5-9(11)4-3-8(10)6-12/h3-7H,1-2H3. The molecular formula is C10H11ClO. The Hall–Kier alpha value is -0.820. The van der Waals surface area contributed by atoms with E-state index in [1.165, 1.54) is 0 Å². The van der Waals surface area contributed by atoms with Gasteiger partial charge in [-0.2, -0.15) is 0 Å². The fraction of sp³-hybridized carbons (Fsp3) is 0.300. The smallest absolute Gasteiger partial charge is 0.150 e.